The average Bonchev–Trinajstić information content (AvgIpc) is 2.45. The summed E-state index contributed by atoms with van der Waals surface area (Å²) in [6.45, 7) is 0. The van der Waals surface area contributed by atoms with Crippen LogP contribution >= 0.6 is 0 Å². The molecule has 0 fully saturated rings. The smallest absolute Gasteiger partial charge is 0.190 e. The predicted molar refractivity (Wildman–Crippen MR) is 76.5 cm³/mol. The summed E-state index contributed by atoms with van der Waals surface area (Å²) < 4.78 is 36.6. The molecule has 21 heavy (non-hydrogen) atoms. The molecule has 0 saturated carbocycles. The zero-order valence-electron chi connectivity index (χ0n) is 11.6. The molecule has 0 aromatic heterocycles. The maximum Gasteiger partial charge on any atom is 0.190 e. The summed E-state index contributed by atoms with van der Waals surface area (Å²) in [4.78, 5) is 0. The number of benzene rings is 2. The van der Waals surface area contributed by atoms with E-state index in [1.165, 1.54) is 38.5 Å². The molecule has 2 aromatic carbocycles. The molecular weight excluding hydrogens is 278 g/mol. The first-order chi connectivity index (χ1) is 10.0. The molecule has 3 nitrogen and oxygen atoms in total. The molecule has 0 aliphatic carbocycles. The zero-order valence-corrected chi connectivity index (χ0v) is 11.6. The van der Waals surface area contributed by atoms with Gasteiger partial charge < -0.3 is 14.6 Å². The van der Waals surface area contributed by atoms with E-state index in [-0.39, 0.29) is 5.75 Å². The SMILES string of the molecule is COc1ccc(/C=C\c2cc(F)c(OC)c(F)c2)cc1O. The molecule has 0 saturated heterocycles. The molecule has 0 aliphatic rings. The first-order valence-electron chi connectivity index (χ1n) is 6.13. The largest absolute Gasteiger partial charge is 0.504 e. The Balaban J connectivity index is 2.27. The molecule has 0 atom stereocenters. The van der Waals surface area contributed by atoms with E-state index in [1.54, 1.807) is 18.2 Å². The molecule has 0 amide bonds. The van der Waals surface area contributed by atoms with Crippen molar-refractivity contribution >= 4 is 12.2 Å². The lowest BCUT2D eigenvalue weighted by Gasteiger charge is -2.05. The lowest BCUT2D eigenvalue weighted by molar-refractivity contribution is 0.360. The van der Waals surface area contributed by atoms with Crippen LogP contribution in [0, 0.1) is 11.6 Å². The second-order valence-electron chi connectivity index (χ2n) is 4.28. The van der Waals surface area contributed by atoms with Gasteiger partial charge in [-0.05, 0) is 35.4 Å². The van der Waals surface area contributed by atoms with E-state index in [0.29, 0.717) is 16.9 Å². The highest BCUT2D eigenvalue weighted by atomic mass is 19.1. The van der Waals surface area contributed by atoms with Gasteiger partial charge in [0.15, 0.2) is 28.9 Å². The summed E-state index contributed by atoms with van der Waals surface area (Å²) in [5, 5.41) is 9.65. The van der Waals surface area contributed by atoms with Gasteiger partial charge in [-0.1, -0.05) is 18.2 Å². The summed E-state index contributed by atoms with van der Waals surface area (Å²) >= 11 is 0. The number of phenols is 1. The monoisotopic (exact) mass is 292 g/mol. The molecule has 0 radical (unpaired) electrons. The Morgan fingerprint density at radius 2 is 1.52 bits per heavy atom. The van der Waals surface area contributed by atoms with Gasteiger partial charge in [0.05, 0.1) is 14.2 Å². The van der Waals surface area contributed by atoms with Crippen molar-refractivity contribution in [3.8, 4) is 17.2 Å². The second kappa shape index (κ2) is 6.26. The van der Waals surface area contributed by atoms with Crippen molar-refractivity contribution < 1.29 is 23.4 Å². The molecule has 1 N–H and O–H groups in total. The number of ether oxygens (including phenoxy) is 2. The third-order valence-corrected chi connectivity index (χ3v) is 2.90. The zero-order chi connectivity index (χ0) is 15.4. The number of phenolic OH excluding ortho intramolecular Hbond substituents is 1. The molecular formula is C16H14F2O3. The lowest BCUT2D eigenvalue weighted by atomic mass is 10.1. The third-order valence-electron chi connectivity index (χ3n) is 2.90. The topological polar surface area (TPSA) is 38.7 Å². The summed E-state index contributed by atoms with van der Waals surface area (Å²) in [5.74, 6) is -1.60. The highest BCUT2D eigenvalue weighted by molar-refractivity contribution is 5.71. The van der Waals surface area contributed by atoms with Crippen LogP contribution in [-0.2, 0) is 0 Å². The van der Waals surface area contributed by atoms with E-state index in [0.717, 1.165) is 0 Å². The third kappa shape index (κ3) is 3.31. The Hall–Kier alpha value is -2.56. The number of aromatic hydroxyl groups is 1. The van der Waals surface area contributed by atoms with Gasteiger partial charge in [0, 0.05) is 0 Å². The minimum Gasteiger partial charge on any atom is -0.504 e. The van der Waals surface area contributed by atoms with E-state index in [4.69, 9.17) is 4.74 Å². The van der Waals surface area contributed by atoms with E-state index >= 15 is 0 Å². The van der Waals surface area contributed by atoms with Gasteiger partial charge >= 0.3 is 0 Å². The number of hydrogen-bond donors (Lipinski definition) is 1. The van der Waals surface area contributed by atoms with Crippen LogP contribution in [0.1, 0.15) is 11.1 Å². The van der Waals surface area contributed by atoms with Crippen molar-refractivity contribution in [1.82, 2.24) is 0 Å². The Morgan fingerprint density at radius 3 is 2.05 bits per heavy atom. The fourth-order valence-electron chi connectivity index (χ4n) is 1.87. The van der Waals surface area contributed by atoms with Crippen LogP contribution in [0.2, 0.25) is 0 Å². The van der Waals surface area contributed by atoms with Crippen molar-refractivity contribution in [3.63, 3.8) is 0 Å². The van der Waals surface area contributed by atoms with Crippen LogP contribution in [-0.4, -0.2) is 19.3 Å². The molecule has 0 unspecified atom stereocenters. The van der Waals surface area contributed by atoms with E-state index in [1.807, 2.05) is 0 Å². The molecule has 2 aromatic rings. The summed E-state index contributed by atoms with van der Waals surface area (Å²) in [6.07, 6.45) is 3.16. The van der Waals surface area contributed by atoms with Crippen LogP contribution in [0.4, 0.5) is 8.78 Å². The van der Waals surface area contributed by atoms with Gasteiger partial charge in [0.25, 0.3) is 0 Å². The van der Waals surface area contributed by atoms with Gasteiger partial charge in [0.1, 0.15) is 0 Å². The highest BCUT2D eigenvalue weighted by Crippen LogP contribution is 2.28. The number of hydrogen-bond acceptors (Lipinski definition) is 3. The van der Waals surface area contributed by atoms with Crippen molar-refractivity contribution in [2.24, 2.45) is 0 Å². The van der Waals surface area contributed by atoms with Crippen LogP contribution in [0.5, 0.6) is 17.2 Å². The molecule has 0 spiro atoms. The Kier molecular flexibility index (Phi) is 4.42. The Morgan fingerprint density at radius 1 is 0.905 bits per heavy atom. The first-order valence-corrected chi connectivity index (χ1v) is 6.13. The average molecular weight is 292 g/mol. The van der Waals surface area contributed by atoms with Crippen LogP contribution < -0.4 is 9.47 Å². The highest BCUT2D eigenvalue weighted by Gasteiger charge is 2.10. The van der Waals surface area contributed by atoms with Crippen LogP contribution in [0.25, 0.3) is 12.2 Å². The van der Waals surface area contributed by atoms with Crippen molar-refractivity contribution in [3.05, 3.63) is 53.1 Å². The lowest BCUT2D eigenvalue weighted by Crippen LogP contribution is -1.93. The van der Waals surface area contributed by atoms with Gasteiger partial charge in [-0.2, -0.15) is 0 Å². The molecule has 110 valence electrons. The maximum absolute atomic E-state index is 13.5. The minimum absolute atomic E-state index is 0.00765. The minimum atomic E-state index is -0.769. The Labute approximate surface area is 121 Å². The van der Waals surface area contributed by atoms with Gasteiger partial charge in [-0.3, -0.25) is 0 Å². The molecule has 2 rings (SSSR count). The number of methoxy groups -OCH3 is 2. The fraction of sp³-hybridized carbons (Fsp3) is 0.125. The van der Waals surface area contributed by atoms with Crippen molar-refractivity contribution in [2.75, 3.05) is 14.2 Å². The Bertz CT molecular complexity index is 658. The molecule has 0 aliphatic heterocycles. The van der Waals surface area contributed by atoms with E-state index in [2.05, 4.69) is 4.74 Å². The van der Waals surface area contributed by atoms with Crippen molar-refractivity contribution in [1.29, 1.82) is 0 Å². The second-order valence-corrected chi connectivity index (χ2v) is 4.28. The molecule has 5 heteroatoms. The molecule has 0 bridgehead atoms. The number of rotatable bonds is 4. The number of halogens is 2. The summed E-state index contributed by atoms with van der Waals surface area (Å²) in [5.41, 5.74) is 1.02. The van der Waals surface area contributed by atoms with E-state index in [9.17, 15) is 13.9 Å². The summed E-state index contributed by atoms with van der Waals surface area (Å²) in [7, 11) is 2.66. The predicted octanol–water partition coefficient (Wildman–Crippen LogP) is 3.86. The standard InChI is InChI=1S/C16H14F2O3/c1-20-15-6-5-10(9-14(15)19)3-4-11-7-12(17)16(21-2)13(18)8-11/h3-9,19H,1-2H3/b4-3-. The van der Waals surface area contributed by atoms with Gasteiger partial charge in [-0.15, -0.1) is 0 Å². The first kappa shape index (κ1) is 14.8. The molecule has 0 heterocycles. The van der Waals surface area contributed by atoms with Gasteiger partial charge in [-0.25, -0.2) is 8.78 Å². The van der Waals surface area contributed by atoms with Crippen LogP contribution in [0.3, 0.4) is 0 Å². The van der Waals surface area contributed by atoms with Crippen molar-refractivity contribution in [2.45, 2.75) is 0 Å². The summed E-state index contributed by atoms with van der Waals surface area (Å²) in [6, 6.07) is 7.14. The fourth-order valence-corrected chi connectivity index (χ4v) is 1.87. The van der Waals surface area contributed by atoms with E-state index < -0.39 is 17.4 Å². The normalized spacial score (nSPS) is 10.9. The van der Waals surface area contributed by atoms with Gasteiger partial charge in [0.2, 0.25) is 0 Å². The quantitative estimate of drug-likeness (QED) is 0.870. The maximum atomic E-state index is 13.5. The van der Waals surface area contributed by atoms with Crippen LogP contribution in [0.15, 0.2) is 30.3 Å².